The van der Waals surface area contributed by atoms with Crippen molar-refractivity contribution in [3.05, 3.63) is 137 Å². The van der Waals surface area contributed by atoms with E-state index >= 15 is 0 Å². The van der Waals surface area contributed by atoms with Crippen molar-refractivity contribution in [1.29, 1.82) is 0 Å². The lowest BCUT2D eigenvalue weighted by Gasteiger charge is -2.12. The Hall–Kier alpha value is -5.43. The molecule has 0 aliphatic heterocycles. The van der Waals surface area contributed by atoms with Crippen molar-refractivity contribution in [1.82, 2.24) is 5.32 Å². The smallest absolute Gasteiger partial charge is 0.272 e. The molecule has 0 saturated carbocycles. The van der Waals surface area contributed by atoms with E-state index in [0.717, 1.165) is 16.7 Å². The molecule has 41 heavy (non-hydrogen) atoms. The summed E-state index contributed by atoms with van der Waals surface area (Å²) in [5.41, 5.74) is 4.01. The third-order valence-corrected chi connectivity index (χ3v) is 6.14. The average molecular weight is 547 g/mol. The first-order chi connectivity index (χ1) is 19.9. The first kappa shape index (κ1) is 28.6. The van der Waals surface area contributed by atoms with Gasteiger partial charge in [-0.1, -0.05) is 60.2 Å². The normalized spacial score (nSPS) is 11.1. The lowest BCUT2D eigenvalue weighted by atomic mass is 10.1. The van der Waals surface area contributed by atoms with Gasteiger partial charge in [0.05, 0.1) is 14.2 Å². The Morgan fingerprint density at radius 3 is 2.12 bits per heavy atom. The summed E-state index contributed by atoms with van der Waals surface area (Å²) in [5.74, 6) is 0.0704. The fourth-order valence-corrected chi connectivity index (χ4v) is 4.01. The first-order valence-corrected chi connectivity index (χ1v) is 12.9. The van der Waals surface area contributed by atoms with E-state index in [9.17, 15) is 14.4 Å². The monoisotopic (exact) mass is 546 g/mol. The second-order valence-electron chi connectivity index (χ2n) is 9.14. The van der Waals surface area contributed by atoms with Crippen molar-refractivity contribution in [3.63, 3.8) is 0 Å². The lowest BCUT2D eigenvalue weighted by Crippen LogP contribution is -2.30. The number of nitrogens with one attached hydrogen (secondary N) is 2. The van der Waals surface area contributed by atoms with Crippen LogP contribution in [-0.2, 0) is 4.79 Å². The minimum absolute atomic E-state index is 0.0856. The summed E-state index contributed by atoms with van der Waals surface area (Å²) < 4.78 is 10.5. The van der Waals surface area contributed by atoms with Crippen LogP contribution < -0.4 is 20.1 Å². The van der Waals surface area contributed by atoms with Crippen molar-refractivity contribution < 1.29 is 23.9 Å². The number of hydrogen-bond donors (Lipinski definition) is 2. The van der Waals surface area contributed by atoms with Gasteiger partial charge in [0.15, 0.2) is 17.3 Å². The van der Waals surface area contributed by atoms with Gasteiger partial charge in [-0.05, 0) is 78.7 Å². The van der Waals surface area contributed by atoms with Crippen molar-refractivity contribution >= 4 is 35.4 Å². The molecule has 4 rings (SSSR count). The fourth-order valence-electron chi connectivity index (χ4n) is 4.01. The zero-order chi connectivity index (χ0) is 29.2. The van der Waals surface area contributed by atoms with Crippen LogP contribution in [0.2, 0.25) is 0 Å². The van der Waals surface area contributed by atoms with Gasteiger partial charge in [0.1, 0.15) is 5.70 Å². The number of allylic oxidation sites excluding steroid dienone is 1. The van der Waals surface area contributed by atoms with Gasteiger partial charge in [0.2, 0.25) is 0 Å². The van der Waals surface area contributed by atoms with Crippen molar-refractivity contribution in [2.45, 2.75) is 6.92 Å². The van der Waals surface area contributed by atoms with Crippen LogP contribution in [0.15, 0.2) is 109 Å². The van der Waals surface area contributed by atoms with E-state index < -0.39 is 11.8 Å². The molecule has 7 heteroatoms. The average Bonchev–Trinajstić information content (AvgIpc) is 3.00. The summed E-state index contributed by atoms with van der Waals surface area (Å²) in [6.07, 6.45) is 4.79. The maximum Gasteiger partial charge on any atom is 0.272 e. The summed E-state index contributed by atoms with van der Waals surface area (Å²) in [6, 6.07) is 28.2. The van der Waals surface area contributed by atoms with Crippen LogP contribution in [0.25, 0.3) is 12.2 Å². The minimum atomic E-state index is -0.497. The largest absolute Gasteiger partial charge is 0.493 e. The van der Waals surface area contributed by atoms with Gasteiger partial charge in [-0.15, -0.1) is 0 Å². The molecule has 0 aliphatic carbocycles. The number of benzene rings is 4. The number of rotatable bonds is 10. The lowest BCUT2D eigenvalue weighted by molar-refractivity contribution is -0.113. The van der Waals surface area contributed by atoms with Gasteiger partial charge < -0.3 is 20.1 Å². The van der Waals surface area contributed by atoms with Crippen molar-refractivity contribution in [2.75, 3.05) is 19.5 Å². The Kier molecular flexibility index (Phi) is 9.46. The zero-order valence-electron chi connectivity index (χ0n) is 23.0. The predicted octanol–water partition coefficient (Wildman–Crippen LogP) is 6.32. The molecule has 2 N–H and O–H groups in total. The molecule has 0 saturated heterocycles. The highest BCUT2D eigenvalue weighted by Gasteiger charge is 2.15. The summed E-state index contributed by atoms with van der Waals surface area (Å²) in [5, 5.41) is 5.53. The van der Waals surface area contributed by atoms with E-state index in [0.29, 0.717) is 28.3 Å². The summed E-state index contributed by atoms with van der Waals surface area (Å²) in [4.78, 5) is 38.8. The second kappa shape index (κ2) is 13.6. The third kappa shape index (κ3) is 7.80. The highest BCUT2D eigenvalue weighted by molar-refractivity contribution is 6.11. The van der Waals surface area contributed by atoms with Crippen LogP contribution in [-0.4, -0.2) is 31.8 Å². The van der Waals surface area contributed by atoms with E-state index in [4.69, 9.17) is 9.47 Å². The van der Waals surface area contributed by atoms with Crippen LogP contribution >= 0.6 is 0 Å². The molecule has 0 fully saturated rings. The molecule has 206 valence electrons. The maximum absolute atomic E-state index is 13.3. The fraction of sp³-hybridized carbons (Fsp3) is 0.0882. The molecule has 0 bridgehead atoms. The van der Waals surface area contributed by atoms with Gasteiger partial charge in [0.25, 0.3) is 11.8 Å². The van der Waals surface area contributed by atoms with Gasteiger partial charge in [-0.2, -0.15) is 0 Å². The molecule has 0 atom stereocenters. The number of methoxy groups -OCH3 is 2. The minimum Gasteiger partial charge on any atom is -0.493 e. The van der Waals surface area contributed by atoms with Gasteiger partial charge in [-0.25, -0.2) is 0 Å². The highest BCUT2D eigenvalue weighted by atomic mass is 16.5. The van der Waals surface area contributed by atoms with E-state index in [1.165, 1.54) is 6.08 Å². The zero-order valence-corrected chi connectivity index (χ0v) is 23.0. The SMILES string of the molecule is COc1ccc(/C=C/C(=O)c2ccc(NC(=O)/C(=C/c3cccc(C)c3)NC(=O)c3ccccc3)cc2)cc1OC. The highest BCUT2D eigenvalue weighted by Crippen LogP contribution is 2.28. The number of amides is 2. The Labute approximate surface area is 239 Å². The molecular formula is C34H30N2O5. The number of hydrogen-bond acceptors (Lipinski definition) is 5. The molecule has 0 aromatic heterocycles. The van der Waals surface area contributed by atoms with E-state index in [1.54, 1.807) is 87.0 Å². The molecule has 0 radical (unpaired) electrons. The predicted molar refractivity (Wildman–Crippen MR) is 161 cm³/mol. The van der Waals surface area contributed by atoms with Gasteiger partial charge >= 0.3 is 0 Å². The second-order valence-corrected chi connectivity index (χ2v) is 9.14. The molecule has 4 aromatic rings. The Bertz CT molecular complexity index is 1610. The van der Waals surface area contributed by atoms with Gasteiger partial charge in [0, 0.05) is 16.8 Å². The quantitative estimate of drug-likeness (QED) is 0.179. The summed E-state index contributed by atoms with van der Waals surface area (Å²) in [7, 11) is 3.11. The Balaban J connectivity index is 1.48. The van der Waals surface area contributed by atoms with E-state index in [2.05, 4.69) is 10.6 Å². The third-order valence-electron chi connectivity index (χ3n) is 6.14. The van der Waals surface area contributed by atoms with E-state index in [-0.39, 0.29) is 11.5 Å². The molecule has 0 aliphatic rings. The maximum atomic E-state index is 13.3. The summed E-state index contributed by atoms with van der Waals surface area (Å²) >= 11 is 0. The van der Waals surface area contributed by atoms with Gasteiger partial charge in [-0.3, -0.25) is 14.4 Å². The van der Waals surface area contributed by atoms with Crippen LogP contribution in [0.1, 0.15) is 37.4 Å². The van der Waals surface area contributed by atoms with Crippen LogP contribution in [0.3, 0.4) is 0 Å². The van der Waals surface area contributed by atoms with E-state index in [1.807, 2.05) is 43.3 Å². The van der Waals surface area contributed by atoms with Crippen molar-refractivity contribution in [2.24, 2.45) is 0 Å². The molecular weight excluding hydrogens is 516 g/mol. The Morgan fingerprint density at radius 2 is 1.44 bits per heavy atom. The number of aryl methyl sites for hydroxylation is 1. The topological polar surface area (TPSA) is 93.7 Å². The molecule has 0 unspecified atom stereocenters. The molecule has 0 heterocycles. The van der Waals surface area contributed by atoms with Crippen molar-refractivity contribution in [3.8, 4) is 11.5 Å². The number of ether oxygens (including phenoxy) is 2. The number of ketones is 1. The molecule has 4 aromatic carbocycles. The molecule has 2 amide bonds. The van der Waals surface area contributed by atoms with Crippen LogP contribution in [0.4, 0.5) is 5.69 Å². The molecule has 7 nitrogen and oxygen atoms in total. The first-order valence-electron chi connectivity index (χ1n) is 12.9. The number of carbonyl (C=O) groups is 3. The number of carbonyl (C=O) groups excluding carboxylic acids is 3. The van der Waals surface area contributed by atoms with Crippen LogP contribution in [0.5, 0.6) is 11.5 Å². The van der Waals surface area contributed by atoms with Crippen LogP contribution in [0, 0.1) is 6.92 Å². The molecule has 0 spiro atoms. The Morgan fingerprint density at radius 1 is 0.707 bits per heavy atom. The standard InChI is InChI=1S/C34H30N2O5/c1-23-8-7-9-25(20-23)21-29(36-33(38)27-10-5-4-6-11-27)34(39)35-28-16-14-26(15-17-28)30(37)18-12-24-13-19-31(40-2)32(22-24)41-3/h4-22H,1-3H3,(H,35,39)(H,36,38)/b18-12+,29-21-. The summed E-state index contributed by atoms with van der Waals surface area (Å²) in [6.45, 7) is 1.95. The number of anilines is 1.